The summed E-state index contributed by atoms with van der Waals surface area (Å²) in [6, 6.07) is 13.4. The van der Waals surface area contributed by atoms with Crippen molar-refractivity contribution in [2.45, 2.75) is 59.8 Å². The summed E-state index contributed by atoms with van der Waals surface area (Å²) in [5.41, 5.74) is 4.39. The van der Waals surface area contributed by atoms with Gasteiger partial charge in [-0.3, -0.25) is 0 Å². The molecule has 118 valence electrons. The number of allylic oxidation sites excluding steroid dienone is 2. The standard InChI is InChI=1S/C22H30/c1-5-8-11-18(7-3)16-20-15-14-19-12-9-10-13-21(19)22(20)17(4)6-2/h6,9-10,12-15,18H,5,7-8,11,16H2,1-4H3. The Morgan fingerprint density at radius 2 is 1.86 bits per heavy atom. The van der Waals surface area contributed by atoms with Crippen molar-refractivity contribution < 1.29 is 0 Å². The number of rotatable bonds is 7. The average Bonchev–Trinajstić information content (AvgIpc) is 2.57. The van der Waals surface area contributed by atoms with Gasteiger partial charge in [0, 0.05) is 0 Å². The molecule has 1 atom stereocenters. The highest BCUT2D eigenvalue weighted by Crippen LogP contribution is 2.31. The zero-order valence-corrected chi connectivity index (χ0v) is 14.7. The van der Waals surface area contributed by atoms with E-state index in [1.807, 2.05) is 0 Å². The third-order valence-corrected chi connectivity index (χ3v) is 4.89. The van der Waals surface area contributed by atoms with Gasteiger partial charge in [-0.15, -0.1) is 0 Å². The molecule has 0 saturated carbocycles. The number of fused-ring (bicyclic) bond motifs is 1. The maximum Gasteiger partial charge on any atom is -0.0106 e. The van der Waals surface area contributed by atoms with Gasteiger partial charge in [0.25, 0.3) is 0 Å². The van der Waals surface area contributed by atoms with Gasteiger partial charge in [-0.05, 0) is 53.7 Å². The Bertz CT molecular complexity index is 634. The maximum atomic E-state index is 2.36. The molecule has 0 bridgehead atoms. The highest BCUT2D eigenvalue weighted by Gasteiger charge is 2.13. The monoisotopic (exact) mass is 294 g/mol. The first-order chi connectivity index (χ1) is 10.7. The molecule has 0 radical (unpaired) electrons. The average molecular weight is 294 g/mol. The van der Waals surface area contributed by atoms with Crippen LogP contribution >= 0.6 is 0 Å². The number of benzene rings is 2. The second-order valence-corrected chi connectivity index (χ2v) is 6.41. The fraction of sp³-hybridized carbons (Fsp3) is 0.455. The summed E-state index contributed by atoms with van der Waals surface area (Å²) in [6.45, 7) is 9.02. The molecule has 2 aromatic carbocycles. The van der Waals surface area contributed by atoms with E-state index in [1.54, 1.807) is 0 Å². The Morgan fingerprint density at radius 3 is 2.55 bits per heavy atom. The van der Waals surface area contributed by atoms with E-state index in [4.69, 9.17) is 0 Å². The van der Waals surface area contributed by atoms with Crippen LogP contribution in [0.2, 0.25) is 0 Å². The van der Waals surface area contributed by atoms with Crippen molar-refractivity contribution in [2.24, 2.45) is 5.92 Å². The van der Waals surface area contributed by atoms with Gasteiger partial charge in [0.2, 0.25) is 0 Å². The van der Waals surface area contributed by atoms with Gasteiger partial charge in [0.1, 0.15) is 0 Å². The summed E-state index contributed by atoms with van der Waals surface area (Å²) in [4.78, 5) is 0. The smallest absolute Gasteiger partial charge is 0.0106 e. The van der Waals surface area contributed by atoms with Crippen LogP contribution in [0.1, 0.15) is 64.5 Å². The minimum atomic E-state index is 0.810. The predicted octanol–water partition coefficient (Wildman–Crippen LogP) is 7.02. The summed E-state index contributed by atoms with van der Waals surface area (Å²) >= 11 is 0. The third kappa shape index (κ3) is 3.80. The molecule has 22 heavy (non-hydrogen) atoms. The van der Waals surface area contributed by atoms with Crippen LogP contribution in [0, 0.1) is 5.92 Å². The van der Waals surface area contributed by atoms with Crippen molar-refractivity contribution in [3.63, 3.8) is 0 Å². The van der Waals surface area contributed by atoms with Crippen LogP contribution < -0.4 is 0 Å². The fourth-order valence-electron chi connectivity index (χ4n) is 3.35. The van der Waals surface area contributed by atoms with Gasteiger partial charge in [-0.25, -0.2) is 0 Å². The molecule has 0 N–H and O–H groups in total. The van der Waals surface area contributed by atoms with Crippen molar-refractivity contribution in [1.82, 2.24) is 0 Å². The lowest BCUT2D eigenvalue weighted by Gasteiger charge is -2.19. The zero-order chi connectivity index (χ0) is 15.9. The molecule has 0 amide bonds. The molecule has 0 fully saturated rings. The fourth-order valence-corrected chi connectivity index (χ4v) is 3.35. The van der Waals surface area contributed by atoms with Crippen LogP contribution in [0.5, 0.6) is 0 Å². The lowest BCUT2D eigenvalue weighted by Crippen LogP contribution is -2.06. The molecular weight excluding hydrogens is 264 g/mol. The van der Waals surface area contributed by atoms with E-state index in [-0.39, 0.29) is 0 Å². The Morgan fingerprint density at radius 1 is 1.09 bits per heavy atom. The van der Waals surface area contributed by atoms with E-state index in [2.05, 4.69) is 70.2 Å². The van der Waals surface area contributed by atoms with Gasteiger partial charge < -0.3 is 0 Å². The summed E-state index contributed by atoms with van der Waals surface area (Å²) in [5.74, 6) is 0.810. The minimum absolute atomic E-state index is 0.810. The van der Waals surface area contributed by atoms with Crippen LogP contribution in [0.4, 0.5) is 0 Å². The van der Waals surface area contributed by atoms with Gasteiger partial charge >= 0.3 is 0 Å². The summed E-state index contributed by atoms with van der Waals surface area (Å²) in [6.07, 6.45) is 8.74. The highest BCUT2D eigenvalue weighted by atomic mass is 14.2. The van der Waals surface area contributed by atoms with E-state index >= 15 is 0 Å². The maximum absolute atomic E-state index is 2.36. The quantitative estimate of drug-likeness (QED) is 0.514. The van der Waals surface area contributed by atoms with Crippen LogP contribution in [-0.2, 0) is 6.42 Å². The summed E-state index contributed by atoms with van der Waals surface area (Å²) < 4.78 is 0. The van der Waals surface area contributed by atoms with Gasteiger partial charge in [-0.1, -0.05) is 82.0 Å². The second kappa shape index (κ2) is 8.17. The second-order valence-electron chi connectivity index (χ2n) is 6.41. The molecule has 0 aromatic heterocycles. The number of hydrogen-bond acceptors (Lipinski definition) is 0. The predicted molar refractivity (Wildman–Crippen MR) is 100 cm³/mol. The molecule has 0 aliphatic heterocycles. The molecule has 0 heterocycles. The van der Waals surface area contributed by atoms with Crippen molar-refractivity contribution in [2.75, 3.05) is 0 Å². The lowest BCUT2D eigenvalue weighted by atomic mass is 9.86. The Labute approximate surface area is 136 Å². The largest absolute Gasteiger partial charge is 0.0841 e. The third-order valence-electron chi connectivity index (χ3n) is 4.89. The van der Waals surface area contributed by atoms with Crippen LogP contribution in [0.15, 0.2) is 42.5 Å². The first-order valence-corrected chi connectivity index (χ1v) is 8.85. The van der Waals surface area contributed by atoms with Crippen LogP contribution in [0.25, 0.3) is 16.3 Å². The minimum Gasteiger partial charge on any atom is -0.0841 e. The molecule has 0 aliphatic rings. The van der Waals surface area contributed by atoms with Crippen molar-refractivity contribution in [3.8, 4) is 0 Å². The summed E-state index contributed by atoms with van der Waals surface area (Å²) in [7, 11) is 0. The highest BCUT2D eigenvalue weighted by molar-refractivity contribution is 5.94. The van der Waals surface area contributed by atoms with E-state index < -0.39 is 0 Å². The number of hydrogen-bond donors (Lipinski definition) is 0. The van der Waals surface area contributed by atoms with Crippen LogP contribution in [-0.4, -0.2) is 0 Å². The first kappa shape index (κ1) is 16.8. The van der Waals surface area contributed by atoms with Gasteiger partial charge in [0.05, 0.1) is 0 Å². The van der Waals surface area contributed by atoms with E-state index in [1.165, 1.54) is 59.6 Å². The first-order valence-electron chi connectivity index (χ1n) is 8.85. The topological polar surface area (TPSA) is 0 Å². The van der Waals surface area contributed by atoms with Crippen molar-refractivity contribution in [3.05, 3.63) is 53.6 Å². The Balaban J connectivity index is 2.44. The molecule has 0 aliphatic carbocycles. The lowest BCUT2D eigenvalue weighted by molar-refractivity contribution is 0.449. The molecule has 2 aromatic rings. The Hall–Kier alpha value is -1.56. The van der Waals surface area contributed by atoms with Gasteiger partial charge in [-0.2, -0.15) is 0 Å². The SMILES string of the molecule is CC=C(C)c1c(CC(CC)CCCC)ccc2ccccc12. The van der Waals surface area contributed by atoms with E-state index in [0.717, 1.165) is 5.92 Å². The van der Waals surface area contributed by atoms with Crippen molar-refractivity contribution >= 4 is 16.3 Å². The molecule has 1 unspecified atom stereocenters. The zero-order valence-electron chi connectivity index (χ0n) is 14.7. The molecule has 2 rings (SSSR count). The van der Waals surface area contributed by atoms with E-state index in [0.29, 0.717) is 0 Å². The number of unbranched alkanes of at least 4 members (excludes halogenated alkanes) is 1. The molecule has 0 saturated heterocycles. The Kier molecular flexibility index (Phi) is 6.24. The van der Waals surface area contributed by atoms with E-state index in [9.17, 15) is 0 Å². The van der Waals surface area contributed by atoms with Gasteiger partial charge in [0.15, 0.2) is 0 Å². The molecule has 0 spiro atoms. The molecule has 0 heteroatoms. The summed E-state index contributed by atoms with van der Waals surface area (Å²) in [5, 5.41) is 2.75. The van der Waals surface area contributed by atoms with Crippen molar-refractivity contribution in [1.29, 1.82) is 0 Å². The molecule has 0 nitrogen and oxygen atoms in total. The molecular formula is C22H30. The normalized spacial score (nSPS) is 13.5. The van der Waals surface area contributed by atoms with Crippen LogP contribution in [0.3, 0.4) is 0 Å².